The molecule has 2 aromatic carbocycles. The smallest absolute Gasteiger partial charge is 0.187 e. The van der Waals surface area contributed by atoms with Gasteiger partial charge in [-0.05, 0) is 50.4 Å². The first-order valence-corrected chi connectivity index (χ1v) is 12.7. The highest BCUT2D eigenvalue weighted by atomic mass is 31.1. The Hall–Kier alpha value is -2.06. The Labute approximate surface area is 187 Å². The Bertz CT molecular complexity index is 881. The molecule has 0 radical (unpaired) electrons. The number of nitrogens with zero attached hydrogens (tertiary/aromatic N) is 1. The summed E-state index contributed by atoms with van der Waals surface area (Å²) in [5, 5.41) is 2.54. The number of ether oxygens (including phenoxy) is 3. The fraction of sp³-hybridized carbons (Fsp3) is 0.500. The quantitative estimate of drug-likeness (QED) is 0.570. The minimum atomic E-state index is -0.728. The molecular weight excluding hydrogens is 405 g/mol. The molecule has 5 heteroatoms. The van der Waals surface area contributed by atoms with Crippen LogP contribution in [0, 0.1) is 17.8 Å². The van der Waals surface area contributed by atoms with Gasteiger partial charge in [-0.2, -0.15) is 0 Å². The van der Waals surface area contributed by atoms with Gasteiger partial charge < -0.3 is 14.2 Å². The number of hydrogen-bond donors (Lipinski definition) is 0. The summed E-state index contributed by atoms with van der Waals surface area (Å²) < 4.78 is 17.9. The minimum Gasteiger partial charge on any atom is -0.496 e. The Morgan fingerprint density at radius 3 is 2.03 bits per heavy atom. The van der Waals surface area contributed by atoms with E-state index >= 15 is 0 Å². The molecule has 0 bridgehead atoms. The van der Waals surface area contributed by atoms with Gasteiger partial charge in [0, 0.05) is 16.5 Å². The lowest BCUT2D eigenvalue weighted by Gasteiger charge is -2.32. The van der Waals surface area contributed by atoms with Crippen molar-refractivity contribution in [1.29, 1.82) is 0 Å². The van der Waals surface area contributed by atoms with Crippen molar-refractivity contribution in [3.05, 3.63) is 48.5 Å². The zero-order chi connectivity index (χ0) is 22.0. The van der Waals surface area contributed by atoms with Crippen LogP contribution in [0.4, 0.5) is 0 Å². The summed E-state index contributed by atoms with van der Waals surface area (Å²) in [4.78, 5) is 5.07. The molecule has 2 unspecified atom stereocenters. The van der Waals surface area contributed by atoms with Crippen LogP contribution in [0.25, 0.3) is 0 Å². The van der Waals surface area contributed by atoms with E-state index in [0.717, 1.165) is 23.8 Å². The van der Waals surface area contributed by atoms with Gasteiger partial charge in [-0.15, -0.1) is 0 Å². The van der Waals surface area contributed by atoms with E-state index in [-0.39, 0.29) is 6.04 Å². The number of hydrogen-bond acceptors (Lipinski definition) is 4. The van der Waals surface area contributed by atoms with E-state index < -0.39 is 7.92 Å². The number of para-hydroxylation sites is 2. The molecule has 1 fully saturated rings. The van der Waals surface area contributed by atoms with Gasteiger partial charge in [0.2, 0.25) is 0 Å². The van der Waals surface area contributed by atoms with E-state index in [2.05, 4.69) is 57.2 Å². The van der Waals surface area contributed by atoms with Crippen LogP contribution in [0.2, 0.25) is 0 Å². The first kappa shape index (κ1) is 22.1. The molecule has 2 aromatic rings. The van der Waals surface area contributed by atoms with Crippen LogP contribution >= 0.6 is 7.92 Å². The van der Waals surface area contributed by atoms with Crippen LogP contribution in [0.5, 0.6) is 11.5 Å². The van der Waals surface area contributed by atoms with Gasteiger partial charge in [0.25, 0.3) is 0 Å². The molecule has 1 saturated carbocycles. The summed E-state index contributed by atoms with van der Waals surface area (Å²) in [5.41, 5.74) is 0.433. The van der Waals surface area contributed by atoms with Crippen molar-refractivity contribution in [2.75, 3.05) is 20.8 Å². The zero-order valence-electron chi connectivity index (χ0n) is 19.2. The van der Waals surface area contributed by atoms with Gasteiger partial charge in [-0.3, -0.25) is 0 Å². The molecule has 0 saturated heterocycles. The van der Waals surface area contributed by atoms with Crippen LogP contribution < -0.4 is 20.1 Å². The van der Waals surface area contributed by atoms with Gasteiger partial charge in [0.05, 0.1) is 20.3 Å². The van der Waals surface area contributed by atoms with Gasteiger partial charge in [-0.25, -0.2) is 4.99 Å². The third-order valence-electron chi connectivity index (χ3n) is 6.72. The minimum absolute atomic E-state index is 0.271. The average molecular weight is 440 g/mol. The van der Waals surface area contributed by atoms with E-state index in [1.807, 2.05) is 12.1 Å². The number of methoxy groups -OCH3 is 2. The predicted molar refractivity (Wildman–Crippen MR) is 130 cm³/mol. The third kappa shape index (κ3) is 4.32. The number of rotatable bonds is 7. The molecule has 1 heterocycles. The maximum absolute atomic E-state index is 6.24. The van der Waals surface area contributed by atoms with Crippen LogP contribution in [-0.2, 0) is 4.74 Å². The molecule has 0 spiro atoms. The SMILES string of the molecule is COc1ccccc1P(c1ccccc1OC)C1CC[C@@H](C)C1C1=N[C@H](C(C)C)CO1. The molecule has 1 aliphatic carbocycles. The molecule has 166 valence electrons. The Balaban J connectivity index is 1.82. The van der Waals surface area contributed by atoms with Gasteiger partial charge in [0.15, 0.2) is 5.90 Å². The monoisotopic (exact) mass is 439 g/mol. The Kier molecular flexibility index (Phi) is 6.86. The second kappa shape index (κ2) is 9.61. The molecule has 4 atom stereocenters. The van der Waals surface area contributed by atoms with E-state index in [9.17, 15) is 0 Å². The van der Waals surface area contributed by atoms with Crippen molar-refractivity contribution in [3.63, 3.8) is 0 Å². The molecule has 0 aromatic heterocycles. The summed E-state index contributed by atoms with van der Waals surface area (Å²) in [7, 11) is 2.80. The lowest BCUT2D eigenvalue weighted by Crippen LogP contribution is -2.32. The van der Waals surface area contributed by atoms with E-state index in [1.165, 1.54) is 17.0 Å². The van der Waals surface area contributed by atoms with Gasteiger partial charge in [0.1, 0.15) is 18.1 Å². The lowest BCUT2D eigenvalue weighted by atomic mass is 9.97. The second-order valence-electron chi connectivity index (χ2n) is 8.95. The van der Waals surface area contributed by atoms with Crippen molar-refractivity contribution < 1.29 is 14.2 Å². The van der Waals surface area contributed by atoms with E-state index in [1.54, 1.807) is 14.2 Å². The highest BCUT2D eigenvalue weighted by Gasteiger charge is 2.46. The summed E-state index contributed by atoms with van der Waals surface area (Å²) >= 11 is 0. The van der Waals surface area contributed by atoms with Crippen LogP contribution in [-0.4, -0.2) is 38.4 Å². The highest BCUT2D eigenvalue weighted by molar-refractivity contribution is 7.74. The molecule has 31 heavy (non-hydrogen) atoms. The third-order valence-corrected chi connectivity index (χ3v) is 9.74. The summed E-state index contributed by atoms with van der Waals surface area (Å²) in [6.07, 6.45) is 2.34. The lowest BCUT2D eigenvalue weighted by molar-refractivity contribution is 0.270. The van der Waals surface area contributed by atoms with Crippen molar-refractivity contribution >= 4 is 24.4 Å². The Morgan fingerprint density at radius 2 is 1.52 bits per heavy atom. The topological polar surface area (TPSA) is 40.0 Å². The molecule has 4 nitrogen and oxygen atoms in total. The van der Waals surface area contributed by atoms with Gasteiger partial charge >= 0.3 is 0 Å². The Morgan fingerprint density at radius 1 is 0.935 bits per heavy atom. The van der Waals surface area contributed by atoms with Crippen molar-refractivity contribution in [3.8, 4) is 11.5 Å². The van der Waals surface area contributed by atoms with E-state index in [4.69, 9.17) is 19.2 Å². The molecule has 4 rings (SSSR count). The first-order valence-electron chi connectivity index (χ1n) is 11.3. The second-order valence-corrected chi connectivity index (χ2v) is 11.3. The summed E-state index contributed by atoms with van der Waals surface area (Å²) in [6, 6.07) is 17.2. The molecular formula is C26H34NO3P. The fourth-order valence-electron chi connectivity index (χ4n) is 4.95. The largest absolute Gasteiger partial charge is 0.496 e. The highest BCUT2D eigenvalue weighted by Crippen LogP contribution is 2.55. The summed E-state index contributed by atoms with van der Waals surface area (Å²) in [6.45, 7) is 7.53. The van der Waals surface area contributed by atoms with Crippen molar-refractivity contribution in [1.82, 2.24) is 0 Å². The summed E-state index contributed by atoms with van der Waals surface area (Å²) in [5.74, 6) is 4.25. The first-order chi connectivity index (χ1) is 15.0. The molecule has 0 N–H and O–H groups in total. The molecule has 2 aliphatic rings. The zero-order valence-corrected chi connectivity index (χ0v) is 20.1. The average Bonchev–Trinajstić information content (AvgIpc) is 3.42. The van der Waals surface area contributed by atoms with Crippen molar-refractivity contribution in [2.45, 2.75) is 45.3 Å². The number of aliphatic imine (C=N–C) groups is 1. The number of benzene rings is 2. The van der Waals surface area contributed by atoms with Gasteiger partial charge in [-0.1, -0.05) is 57.2 Å². The fourth-order valence-corrected chi connectivity index (χ4v) is 8.37. The van der Waals surface area contributed by atoms with Crippen LogP contribution in [0.1, 0.15) is 33.6 Å². The maximum atomic E-state index is 6.24. The standard InChI is InChI=1S/C26H34NO3P/c1-17(2)19-16-30-26(27-19)25-18(3)14-15-24(25)31(22-12-8-6-10-20(22)28-4)23-13-9-7-11-21(23)29-5/h6-13,17-19,24-25H,14-16H2,1-5H3/t18-,19+,24?,25?/m1/s1. The van der Waals surface area contributed by atoms with Crippen molar-refractivity contribution in [2.24, 2.45) is 22.7 Å². The molecule has 1 aliphatic heterocycles. The molecule has 0 amide bonds. The normalized spacial score (nSPS) is 25.6. The van der Waals surface area contributed by atoms with E-state index in [0.29, 0.717) is 30.0 Å². The maximum Gasteiger partial charge on any atom is 0.187 e. The van der Waals surface area contributed by atoms with Crippen LogP contribution in [0.15, 0.2) is 53.5 Å². The predicted octanol–water partition coefficient (Wildman–Crippen LogP) is 5.00. The van der Waals surface area contributed by atoms with Crippen LogP contribution in [0.3, 0.4) is 0 Å².